The molecule has 0 saturated heterocycles. The molecule has 0 unspecified atom stereocenters. The Kier molecular flexibility index (Phi) is 4.98. The van der Waals surface area contributed by atoms with Crippen molar-refractivity contribution in [2.24, 2.45) is 0 Å². The minimum atomic E-state index is -0.131. The maximum absolute atomic E-state index is 11.9. The van der Waals surface area contributed by atoms with Crippen molar-refractivity contribution >= 4 is 17.5 Å². The normalized spacial score (nSPS) is 10.7. The molecule has 0 radical (unpaired) electrons. The third-order valence-electron chi connectivity index (χ3n) is 3.05. The van der Waals surface area contributed by atoms with Crippen LogP contribution in [0.4, 0.5) is 0 Å². The fourth-order valence-electron chi connectivity index (χ4n) is 1.92. The van der Waals surface area contributed by atoms with Crippen LogP contribution in [0.15, 0.2) is 30.5 Å². The summed E-state index contributed by atoms with van der Waals surface area (Å²) in [6.07, 6.45) is 1.74. The van der Waals surface area contributed by atoms with Gasteiger partial charge in [0.15, 0.2) is 5.69 Å². The van der Waals surface area contributed by atoms with Crippen LogP contribution < -0.4 is 5.32 Å². The summed E-state index contributed by atoms with van der Waals surface area (Å²) in [5.41, 5.74) is 2.27. The fourth-order valence-corrected chi connectivity index (χ4v) is 2.21. The molecule has 1 heterocycles. The first-order valence-corrected chi connectivity index (χ1v) is 7.17. The Balaban J connectivity index is 2.24. The highest BCUT2D eigenvalue weighted by atomic mass is 35.5. The molecule has 6 heteroatoms. The van der Waals surface area contributed by atoms with Crippen LogP contribution in [0.2, 0.25) is 5.02 Å². The van der Waals surface area contributed by atoms with Gasteiger partial charge in [0, 0.05) is 26.8 Å². The van der Waals surface area contributed by atoms with Crippen molar-refractivity contribution in [2.75, 3.05) is 20.6 Å². The van der Waals surface area contributed by atoms with E-state index in [1.165, 1.54) is 4.90 Å². The highest BCUT2D eigenvalue weighted by Crippen LogP contribution is 2.21. The van der Waals surface area contributed by atoms with Gasteiger partial charge in [0.2, 0.25) is 0 Å². The second-order valence-electron chi connectivity index (χ2n) is 4.91. The molecule has 0 aliphatic carbocycles. The summed E-state index contributed by atoms with van der Waals surface area (Å²) in [5, 5.41) is 8.14. The van der Waals surface area contributed by atoms with Crippen molar-refractivity contribution in [2.45, 2.75) is 13.5 Å². The van der Waals surface area contributed by atoms with Crippen LogP contribution in [-0.2, 0) is 6.54 Å². The van der Waals surface area contributed by atoms with Gasteiger partial charge in [-0.25, -0.2) is 4.68 Å². The van der Waals surface area contributed by atoms with E-state index in [4.69, 9.17) is 11.6 Å². The Labute approximate surface area is 129 Å². The van der Waals surface area contributed by atoms with Crippen LogP contribution in [0.1, 0.15) is 23.0 Å². The fraction of sp³-hybridized carbons (Fsp3) is 0.333. The van der Waals surface area contributed by atoms with E-state index >= 15 is 0 Å². The number of nitrogens with zero attached hydrogens (tertiary/aromatic N) is 3. The standard InChI is InChI=1S/C15H19ClN4O/c1-4-17-10-11-5-6-14(12(16)9-11)20-8-7-13(18-20)15(21)19(2)3/h5-9,17H,4,10H2,1-3H3. The molecular weight excluding hydrogens is 288 g/mol. The first-order valence-electron chi connectivity index (χ1n) is 6.79. The van der Waals surface area contributed by atoms with E-state index in [2.05, 4.69) is 17.3 Å². The first-order chi connectivity index (χ1) is 10.0. The zero-order valence-electron chi connectivity index (χ0n) is 12.4. The number of aromatic nitrogens is 2. The molecule has 5 nitrogen and oxygen atoms in total. The third kappa shape index (κ3) is 3.62. The SMILES string of the molecule is CCNCc1ccc(-n2ccc(C(=O)N(C)C)n2)c(Cl)c1. The summed E-state index contributed by atoms with van der Waals surface area (Å²) in [6, 6.07) is 7.50. The van der Waals surface area contributed by atoms with Gasteiger partial charge in [0.1, 0.15) is 0 Å². The Bertz CT molecular complexity index is 636. The Morgan fingerprint density at radius 1 is 1.38 bits per heavy atom. The van der Waals surface area contributed by atoms with Gasteiger partial charge in [-0.15, -0.1) is 0 Å². The van der Waals surface area contributed by atoms with E-state index in [9.17, 15) is 4.79 Å². The number of rotatable bonds is 5. The lowest BCUT2D eigenvalue weighted by Gasteiger charge is -2.09. The van der Waals surface area contributed by atoms with Crippen molar-refractivity contribution in [3.05, 3.63) is 46.7 Å². The average Bonchev–Trinajstić information content (AvgIpc) is 2.93. The van der Waals surface area contributed by atoms with Crippen molar-refractivity contribution in [1.82, 2.24) is 20.0 Å². The van der Waals surface area contributed by atoms with Crippen LogP contribution in [0.5, 0.6) is 0 Å². The van der Waals surface area contributed by atoms with E-state index in [-0.39, 0.29) is 5.91 Å². The summed E-state index contributed by atoms with van der Waals surface area (Å²) in [4.78, 5) is 13.3. The zero-order chi connectivity index (χ0) is 15.4. The van der Waals surface area contributed by atoms with E-state index < -0.39 is 0 Å². The summed E-state index contributed by atoms with van der Waals surface area (Å²) < 4.78 is 1.62. The highest BCUT2D eigenvalue weighted by Gasteiger charge is 2.13. The van der Waals surface area contributed by atoms with E-state index in [0.717, 1.165) is 24.3 Å². The largest absolute Gasteiger partial charge is 0.343 e. The van der Waals surface area contributed by atoms with Crippen molar-refractivity contribution in [1.29, 1.82) is 0 Å². The predicted molar refractivity (Wildman–Crippen MR) is 84.0 cm³/mol. The molecule has 0 bridgehead atoms. The van der Waals surface area contributed by atoms with Crippen LogP contribution in [0.3, 0.4) is 0 Å². The number of carbonyl (C=O) groups excluding carboxylic acids is 1. The molecule has 0 atom stereocenters. The third-order valence-corrected chi connectivity index (χ3v) is 3.36. The quantitative estimate of drug-likeness (QED) is 0.922. The smallest absolute Gasteiger partial charge is 0.273 e. The summed E-state index contributed by atoms with van der Waals surface area (Å²) in [7, 11) is 3.40. The van der Waals surface area contributed by atoms with Gasteiger partial charge < -0.3 is 10.2 Å². The molecule has 1 aromatic carbocycles. The molecule has 112 valence electrons. The number of amides is 1. The van der Waals surface area contributed by atoms with Crippen LogP contribution in [0, 0.1) is 0 Å². The number of nitrogens with one attached hydrogen (secondary N) is 1. The van der Waals surface area contributed by atoms with Gasteiger partial charge >= 0.3 is 0 Å². The first kappa shape index (κ1) is 15.5. The number of hydrogen-bond donors (Lipinski definition) is 1. The summed E-state index contributed by atoms with van der Waals surface area (Å²) >= 11 is 6.31. The lowest BCUT2D eigenvalue weighted by atomic mass is 10.2. The molecule has 21 heavy (non-hydrogen) atoms. The monoisotopic (exact) mass is 306 g/mol. The molecule has 0 aliphatic rings. The molecule has 1 amide bonds. The molecule has 0 fully saturated rings. The van der Waals surface area contributed by atoms with Crippen LogP contribution in [-0.4, -0.2) is 41.2 Å². The van der Waals surface area contributed by atoms with E-state index in [0.29, 0.717) is 10.7 Å². The number of benzene rings is 1. The van der Waals surface area contributed by atoms with Gasteiger partial charge in [0.25, 0.3) is 5.91 Å². The summed E-state index contributed by atoms with van der Waals surface area (Å²) in [6.45, 7) is 3.75. The van der Waals surface area contributed by atoms with Crippen molar-refractivity contribution in [3.8, 4) is 5.69 Å². The number of halogens is 1. The number of hydrogen-bond acceptors (Lipinski definition) is 3. The van der Waals surface area contributed by atoms with Crippen LogP contribution in [0.25, 0.3) is 5.69 Å². The Morgan fingerprint density at radius 3 is 2.76 bits per heavy atom. The number of carbonyl (C=O) groups is 1. The maximum Gasteiger partial charge on any atom is 0.273 e. The average molecular weight is 307 g/mol. The molecule has 1 aromatic heterocycles. The van der Waals surface area contributed by atoms with E-state index in [1.807, 2.05) is 18.2 Å². The maximum atomic E-state index is 11.9. The molecular formula is C15H19ClN4O. The second kappa shape index (κ2) is 6.74. The molecule has 0 saturated carbocycles. The van der Waals surface area contributed by atoms with E-state index in [1.54, 1.807) is 31.0 Å². The molecule has 2 aromatic rings. The lowest BCUT2D eigenvalue weighted by molar-refractivity contribution is 0.0821. The summed E-state index contributed by atoms with van der Waals surface area (Å²) in [5.74, 6) is -0.131. The predicted octanol–water partition coefficient (Wildman–Crippen LogP) is 2.34. The van der Waals surface area contributed by atoms with Gasteiger partial charge in [0.05, 0.1) is 10.7 Å². The Morgan fingerprint density at radius 2 is 2.14 bits per heavy atom. The lowest BCUT2D eigenvalue weighted by Crippen LogP contribution is -2.22. The van der Waals surface area contributed by atoms with Crippen LogP contribution >= 0.6 is 11.6 Å². The molecule has 0 aliphatic heterocycles. The second-order valence-corrected chi connectivity index (χ2v) is 5.32. The van der Waals surface area contributed by atoms with Gasteiger partial charge in [-0.3, -0.25) is 4.79 Å². The highest BCUT2D eigenvalue weighted by molar-refractivity contribution is 6.32. The van der Waals surface area contributed by atoms with Gasteiger partial charge in [-0.05, 0) is 30.3 Å². The molecule has 0 spiro atoms. The van der Waals surface area contributed by atoms with Gasteiger partial charge in [-0.2, -0.15) is 5.10 Å². The minimum absolute atomic E-state index is 0.131. The van der Waals surface area contributed by atoms with Gasteiger partial charge in [-0.1, -0.05) is 24.6 Å². The van der Waals surface area contributed by atoms with Crippen molar-refractivity contribution in [3.63, 3.8) is 0 Å². The molecule has 2 rings (SSSR count). The van der Waals surface area contributed by atoms with Crippen molar-refractivity contribution < 1.29 is 4.79 Å². The zero-order valence-corrected chi connectivity index (χ0v) is 13.2. The minimum Gasteiger partial charge on any atom is -0.343 e. The molecule has 1 N–H and O–H groups in total. The topological polar surface area (TPSA) is 50.2 Å². The Hall–Kier alpha value is -1.85.